The van der Waals surface area contributed by atoms with Gasteiger partial charge in [0, 0.05) is 37.7 Å². The van der Waals surface area contributed by atoms with Gasteiger partial charge in [0.25, 0.3) is 0 Å². The number of nitrogens with zero attached hydrogens (tertiary/aromatic N) is 1. The highest BCUT2D eigenvalue weighted by molar-refractivity contribution is 7.80. The summed E-state index contributed by atoms with van der Waals surface area (Å²) in [6.07, 6.45) is -4.42. The summed E-state index contributed by atoms with van der Waals surface area (Å²) in [5.41, 5.74) is 6.91. The van der Waals surface area contributed by atoms with Gasteiger partial charge in [0.2, 0.25) is 0 Å². The Bertz CT molecular complexity index is 743. The monoisotopic (exact) mass is 368 g/mol. The average Bonchev–Trinajstić information content (AvgIpc) is 2.54. The van der Waals surface area contributed by atoms with Crippen LogP contribution in [0, 0.1) is 0 Å². The molecule has 2 aromatic rings. The van der Waals surface area contributed by atoms with E-state index in [0.717, 1.165) is 11.8 Å². The first kappa shape index (κ1) is 18.9. The number of benzene rings is 2. The van der Waals surface area contributed by atoms with Crippen molar-refractivity contribution in [1.29, 1.82) is 0 Å². The first-order valence-corrected chi connectivity index (χ1v) is 7.85. The van der Waals surface area contributed by atoms with E-state index in [1.807, 2.05) is 0 Å². The van der Waals surface area contributed by atoms with Gasteiger partial charge in [0.15, 0.2) is 5.11 Å². The maximum absolute atomic E-state index is 13.2. The number of anilines is 3. The number of alkyl halides is 3. The fourth-order valence-corrected chi connectivity index (χ4v) is 2.42. The molecule has 8 heteroatoms. The molecule has 0 spiro atoms. The van der Waals surface area contributed by atoms with Crippen LogP contribution in [0.1, 0.15) is 11.1 Å². The molecule has 0 fully saturated rings. The zero-order chi connectivity index (χ0) is 18.6. The molecule has 0 aromatic heterocycles. The molecule has 4 nitrogen and oxygen atoms in total. The predicted molar refractivity (Wildman–Crippen MR) is 99.7 cm³/mol. The van der Waals surface area contributed by atoms with Crippen LogP contribution < -0.4 is 21.3 Å². The summed E-state index contributed by atoms with van der Waals surface area (Å²) in [7, 11) is 3.16. The van der Waals surface area contributed by atoms with Crippen LogP contribution in [0.2, 0.25) is 0 Å². The van der Waals surface area contributed by atoms with Crippen molar-refractivity contribution < 1.29 is 13.2 Å². The molecule has 0 saturated carbocycles. The maximum atomic E-state index is 13.2. The fraction of sp³-hybridized carbons (Fsp3) is 0.235. The largest absolute Gasteiger partial charge is 0.418 e. The van der Waals surface area contributed by atoms with Gasteiger partial charge in [-0.25, -0.2) is 0 Å². The van der Waals surface area contributed by atoms with E-state index in [1.54, 1.807) is 44.4 Å². The topological polar surface area (TPSA) is 53.3 Å². The van der Waals surface area contributed by atoms with Crippen molar-refractivity contribution in [2.24, 2.45) is 0 Å². The molecule has 0 aliphatic carbocycles. The third kappa shape index (κ3) is 5.25. The number of hydrogen-bond donors (Lipinski definition) is 3. The highest BCUT2D eigenvalue weighted by Crippen LogP contribution is 2.36. The van der Waals surface area contributed by atoms with E-state index in [0.29, 0.717) is 16.4 Å². The van der Waals surface area contributed by atoms with Crippen LogP contribution in [0.15, 0.2) is 42.5 Å². The molecule has 0 unspecified atom stereocenters. The van der Waals surface area contributed by atoms with Crippen molar-refractivity contribution in [3.63, 3.8) is 0 Å². The smallest absolute Gasteiger partial charge is 0.399 e. The number of nitrogens with one attached hydrogen (secondary N) is 2. The fourth-order valence-electron chi connectivity index (χ4n) is 2.23. The molecule has 0 amide bonds. The van der Waals surface area contributed by atoms with Gasteiger partial charge in [-0.3, -0.25) is 0 Å². The van der Waals surface area contributed by atoms with Crippen LogP contribution in [-0.4, -0.2) is 19.2 Å². The van der Waals surface area contributed by atoms with Crippen molar-refractivity contribution in [2.45, 2.75) is 12.7 Å². The lowest BCUT2D eigenvalue weighted by atomic mass is 10.1. The molecule has 0 radical (unpaired) electrons. The Balaban J connectivity index is 2.05. The van der Waals surface area contributed by atoms with Gasteiger partial charge in [-0.15, -0.1) is 0 Å². The highest BCUT2D eigenvalue weighted by Gasteiger charge is 2.34. The normalized spacial score (nSPS) is 11.1. The number of halogens is 3. The minimum absolute atomic E-state index is 0.124. The minimum Gasteiger partial charge on any atom is -0.399 e. The van der Waals surface area contributed by atoms with Gasteiger partial charge in [-0.05, 0) is 54.2 Å². The number of nitrogen functional groups attached to an aromatic ring is 1. The zero-order valence-electron chi connectivity index (χ0n) is 13.8. The number of thiocarbonyl (C=S) groups is 1. The van der Waals surface area contributed by atoms with E-state index < -0.39 is 11.7 Å². The van der Waals surface area contributed by atoms with Gasteiger partial charge < -0.3 is 21.3 Å². The Morgan fingerprint density at radius 3 is 2.32 bits per heavy atom. The lowest BCUT2D eigenvalue weighted by Crippen LogP contribution is -2.28. The van der Waals surface area contributed by atoms with E-state index in [-0.39, 0.29) is 12.2 Å². The first-order valence-electron chi connectivity index (χ1n) is 7.44. The molecule has 4 N–H and O–H groups in total. The SMILES string of the molecule is CN(C)c1ccc(CNC(=S)Nc2ccc(N)cc2)cc1C(F)(F)F. The molecule has 2 aromatic carbocycles. The summed E-state index contributed by atoms with van der Waals surface area (Å²) in [4.78, 5) is 1.44. The maximum Gasteiger partial charge on any atom is 0.418 e. The molecule has 0 aliphatic rings. The molecule has 0 atom stereocenters. The van der Waals surface area contributed by atoms with Gasteiger partial charge in [0.05, 0.1) is 5.56 Å². The van der Waals surface area contributed by atoms with Crippen molar-refractivity contribution in [1.82, 2.24) is 5.32 Å². The van der Waals surface area contributed by atoms with E-state index in [2.05, 4.69) is 10.6 Å². The molecular formula is C17H19F3N4S. The van der Waals surface area contributed by atoms with E-state index in [9.17, 15) is 13.2 Å². The molecular weight excluding hydrogens is 349 g/mol. The lowest BCUT2D eigenvalue weighted by molar-refractivity contribution is -0.137. The van der Waals surface area contributed by atoms with Crippen LogP contribution in [0.5, 0.6) is 0 Å². The summed E-state index contributed by atoms with van der Waals surface area (Å²) in [6.45, 7) is 0.178. The molecule has 0 aliphatic heterocycles. The van der Waals surface area contributed by atoms with E-state index >= 15 is 0 Å². The van der Waals surface area contributed by atoms with Crippen LogP contribution >= 0.6 is 12.2 Å². The summed E-state index contributed by atoms with van der Waals surface area (Å²) in [5, 5.41) is 6.16. The summed E-state index contributed by atoms with van der Waals surface area (Å²) < 4.78 is 39.6. The third-order valence-electron chi connectivity index (χ3n) is 3.47. The average molecular weight is 368 g/mol. The highest BCUT2D eigenvalue weighted by atomic mass is 32.1. The minimum atomic E-state index is -4.42. The van der Waals surface area contributed by atoms with Gasteiger partial charge >= 0.3 is 6.18 Å². The molecule has 2 rings (SSSR count). The standard InChI is InChI=1S/C17H19F3N4S/c1-24(2)15-8-3-11(9-14(15)17(18,19)20)10-22-16(25)23-13-6-4-12(21)5-7-13/h3-9H,10,21H2,1-2H3,(H2,22,23,25). The zero-order valence-corrected chi connectivity index (χ0v) is 14.6. The van der Waals surface area contributed by atoms with Gasteiger partial charge in [0.1, 0.15) is 0 Å². The van der Waals surface area contributed by atoms with Crippen LogP contribution in [0.25, 0.3) is 0 Å². The van der Waals surface area contributed by atoms with Gasteiger partial charge in [-0.1, -0.05) is 6.07 Å². The summed E-state index contributed by atoms with van der Waals surface area (Å²) in [6, 6.07) is 11.2. The third-order valence-corrected chi connectivity index (χ3v) is 3.72. The van der Waals surface area contributed by atoms with Gasteiger partial charge in [-0.2, -0.15) is 13.2 Å². The van der Waals surface area contributed by atoms with Crippen molar-refractivity contribution in [3.05, 3.63) is 53.6 Å². The predicted octanol–water partition coefficient (Wildman–Crippen LogP) is 3.84. The Morgan fingerprint density at radius 1 is 1.12 bits per heavy atom. The molecule has 0 bridgehead atoms. The lowest BCUT2D eigenvalue weighted by Gasteiger charge is -2.20. The second kappa shape index (κ2) is 7.60. The van der Waals surface area contributed by atoms with Crippen LogP contribution in [0.4, 0.5) is 30.2 Å². The quantitative estimate of drug-likeness (QED) is 0.566. The molecule has 25 heavy (non-hydrogen) atoms. The van der Waals surface area contributed by atoms with Crippen LogP contribution in [-0.2, 0) is 12.7 Å². The van der Waals surface area contributed by atoms with Crippen molar-refractivity contribution in [2.75, 3.05) is 30.0 Å². The first-order chi connectivity index (χ1) is 11.7. The number of hydrogen-bond acceptors (Lipinski definition) is 3. The Labute approximate surface area is 149 Å². The van der Waals surface area contributed by atoms with Crippen molar-refractivity contribution in [3.8, 4) is 0 Å². The Morgan fingerprint density at radius 2 is 1.76 bits per heavy atom. The summed E-state index contributed by atoms with van der Waals surface area (Å²) >= 11 is 5.16. The van der Waals surface area contributed by atoms with E-state index in [4.69, 9.17) is 18.0 Å². The summed E-state index contributed by atoms with van der Waals surface area (Å²) in [5.74, 6) is 0. The number of rotatable bonds is 4. The molecule has 0 heterocycles. The van der Waals surface area contributed by atoms with Crippen LogP contribution in [0.3, 0.4) is 0 Å². The number of nitrogens with two attached hydrogens (primary N) is 1. The Hall–Kier alpha value is -2.48. The molecule has 134 valence electrons. The molecule has 0 saturated heterocycles. The second-order valence-electron chi connectivity index (χ2n) is 5.67. The van der Waals surface area contributed by atoms with Crippen molar-refractivity contribution >= 4 is 34.4 Å². The van der Waals surface area contributed by atoms with E-state index in [1.165, 1.54) is 11.0 Å². The Kier molecular flexibility index (Phi) is 5.73. The second-order valence-corrected chi connectivity index (χ2v) is 6.08.